The summed E-state index contributed by atoms with van der Waals surface area (Å²) in [6.07, 6.45) is 9.16. The van der Waals surface area contributed by atoms with Crippen LogP contribution in [0.4, 0.5) is 0 Å². The molecule has 0 nitrogen and oxygen atoms in total. The number of unbranched alkanes of at least 4 members (excludes halogenated alkanes) is 1. The van der Waals surface area contributed by atoms with Gasteiger partial charge in [0.2, 0.25) is 0 Å². The monoisotopic (exact) mass is 232 g/mol. The molecule has 2 atom stereocenters. The maximum Gasteiger partial charge on any atom is 0.0279 e. The normalized spacial score (nSPS) is 17.4. The van der Waals surface area contributed by atoms with Crippen molar-refractivity contribution in [2.75, 3.05) is 5.88 Å². The fourth-order valence-electron chi connectivity index (χ4n) is 2.52. The third kappa shape index (κ3) is 5.80. The highest BCUT2D eigenvalue weighted by molar-refractivity contribution is 6.18. The molecule has 0 aliphatic heterocycles. The van der Waals surface area contributed by atoms with Gasteiger partial charge in [0.1, 0.15) is 0 Å². The minimum absolute atomic E-state index is 0.423. The van der Waals surface area contributed by atoms with Crippen LogP contribution in [0.1, 0.15) is 72.6 Å². The van der Waals surface area contributed by atoms with Crippen molar-refractivity contribution >= 4 is 11.6 Å². The maximum absolute atomic E-state index is 6.20. The Kier molecular flexibility index (Phi) is 8.61. The minimum Gasteiger partial charge on any atom is -0.126 e. The van der Waals surface area contributed by atoms with Gasteiger partial charge < -0.3 is 0 Å². The van der Waals surface area contributed by atoms with Crippen LogP contribution in [0, 0.1) is 11.3 Å². The Balaban J connectivity index is 4.21. The summed E-state index contributed by atoms with van der Waals surface area (Å²) < 4.78 is 0. The molecule has 15 heavy (non-hydrogen) atoms. The van der Waals surface area contributed by atoms with Crippen molar-refractivity contribution in [2.24, 2.45) is 11.3 Å². The van der Waals surface area contributed by atoms with Crippen LogP contribution in [0.25, 0.3) is 0 Å². The Bertz CT molecular complexity index is 138. The number of alkyl halides is 1. The Morgan fingerprint density at radius 1 is 1.13 bits per heavy atom. The number of hydrogen-bond acceptors (Lipinski definition) is 0. The molecule has 0 amide bonds. The van der Waals surface area contributed by atoms with E-state index < -0.39 is 0 Å². The van der Waals surface area contributed by atoms with Gasteiger partial charge in [-0.15, -0.1) is 11.6 Å². The molecule has 0 aromatic heterocycles. The van der Waals surface area contributed by atoms with Gasteiger partial charge in [-0.1, -0.05) is 53.4 Å². The van der Waals surface area contributed by atoms with E-state index >= 15 is 0 Å². The van der Waals surface area contributed by atoms with Crippen molar-refractivity contribution in [3.8, 4) is 0 Å². The zero-order chi connectivity index (χ0) is 11.7. The van der Waals surface area contributed by atoms with E-state index in [0.717, 1.165) is 11.8 Å². The molecule has 0 spiro atoms. The van der Waals surface area contributed by atoms with E-state index in [2.05, 4.69) is 27.7 Å². The molecule has 0 radical (unpaired) electrons. The first-order valence-corrected chi connectivity index (χ1v) is 7.23. The summed E-state index contributed by atoms with van der Waals surface area (Å²) in [5.74, 6) is 1.68. The van der Waals surface area contributed by atoms with E-state index in [-0.39, 0.29) is 0 Å². The molecule has 92 valence electrons. The summed E-state index contributed by atoms with van der Waals surface area (Å²) in [6.45, 7) is 9.23. The fraction of sp³-hybridized carbons (Fsp3) is 1.00. The van der Waals surface area contributed by atoms with Crippen LogP contribution in [0.15, 0.2) is 0 Å². The standard InChI is InChI=1S/C14H29Cl/c1-5-8-10-14(7-3,12-15)11-13(4)9-6-2/h13H,5-12H2,1-4H3. The van der Waals surface area contributed by atoms with Gasteiger partial charge in [-0.3, -0.25) is 0 Å². The molecule has 2 unspecified atom stereocenters. The zero-order valence-corrected chi connectivity index (χ0v) is 11.9. The van der Waals surface area contributed by atoms with Crippen LogP contribution in [-0.2, 0) is 0 Å². The lowest BCUT2D eigenvalue weighted by Gasteiger charge is -2.33. The van der Waals surface area contributed by atoms with E-state index in [1.54, 1.807) is 0 Å². The molecule has 0 rings (SSSR count). The van der Waals surface area contributed by atoms with Gasteiger partial charge in [0, 0.05) is 5.88 Å². The van der Waals surface area contributed by atoms with E-state index in [4.69, 9.17) is 11.6 Å². The zero-order valence-electron chi connectivity index (χ0n) is 11.1. The Hall–Kier alpha value is 0.290. The Morgan fingerprint density at radius 3 is 2.20 bits per heavy atom. The quantitative estimate of drug-likeness (QED) is 0.452. The van der Waals surface area contributed by atoms with Crippen molar-refractivity contribution in [1.29, 1.82) is 0 Å². The SMILES string of the molecule is CCCCC(CC)(CCl)CC(C)CCC. The van der Waals surface area contributed by atoms with Gasteiger partial charge in [-0.05, 0) is 30.6 Å². The minimum atomic E-state index is 0.423. The van der Waals surface area contributed by atoms with Crippen LogP contribution in [0.5, 0.6) is 0 Å². The predicted octanol–water partition coefficient (Wildman–Crippen LogP) is 5.64. The van der Waals surface area contributed by atoms with Gasteiger partial charge in [-0.2, -0.15) is 0 Å². The van der Waals surface area contributed by atoms with E-state index in [9.17, 15) is 0 Å². The molecule has 0 aliphatic carbocycles. The van der Waals surface area contributed by atoms with Crippen molar-refractivity contribution in [2.45, 2.75) is 72.6 Å². The van der Waals surface area contributed by atoms with Crippen molar-refractivity contribution in [3.05, 3.63) is 0 Å². The molecule has 1 heteroatoms. The fourth-order valence-corrected chi connectivity index (χ4v) is 2.96. The summed E-state index contributed by atoms with van der Waals surface area (Å²) in [4.78, 5) is 0. The largest absolute Gasteiger partial charge is 0.126 e. The summed E-state index contributed by atoms with van der Waals surface area (Å²) in [5.41, 5.74) is 0.423. The number of halogens is 1. The molecular weight excluding hydrogens is 204 g/mol. The molecule has 0 fully saturated rings. The number of hydrogen-bond donors (Lipinski definition) is 0. The molecule has 0 saturated heterocycles. The van der Waals surface area contributed by atoms with Crippen LogP contribution in [0.2, 0.25) is 0 Å². The van der Waals surface area contributed by atoms with Crippen LogP contribution in [-0.4, -0.2) is 5.88 Å². The van der Waals surface area contributed by atoms with E-state index in [1.807, 2.05) is 0 Å². The Labute approximate surface area is 102 Å². The molecular formula is C14H29Cl. The summed E-state index contributed by atoms with van der Waals surface area (Å²) in [5, 5.41) is 0. The van der Waals surface area contributed by atoms with Gasteiger partial charge in [0.05, 0.1) is 0 Å². The van der Waals surface area contributed by atoms with Crippen LogP contribution < -0.4 is 0 Å². The summed E-state index contributed by atoms with van der Waals surface area (Å²) in [6, 6.07) is 0. The highest BCUT2D eigenvalue weighted by Crippen LogP contribution is 2.38. The molecule has 0 heterocycles. The van der Waals surface area contributed by atoms with Crippen LogP contribution >= 0.6 is 11.6 Å². The second-order valence-corrected chi connectivity index (χ2v) is 5.46. The highest BCUT2D eigenvalue weighted by Gasteiger charge is 2.28. The second kappa shape index (κ2) is 8.44. The number of rotatable bonds is 9. The predicted molar refractivity (Wildman–Crippen MR) is 71.7 cm³/mol. The average molecular weight is 233 g/mol. The van der Waals surface area contributed by atoms with Gasteiger partial charge >= 0.3 is 0 Å². The first kappa shape index (κ1) is 15.3. The highest BCUT2D eigenvalue weighted by atomic mass is 35.5. The smallest absolute Gasteiger partial charge is 0.0279 e. The van der Waals surface area contributed by atoms with Crippen molar-refractivity contribution in [1.82, 2.24) is 0 Å². The molecule has 0 N–H and O–H groups in total. The Morgan fingerprint density at radius 2 is 1.80 bits per heavy atom. The maximum atomic E-state index is 6.20. The first-order chi connectivity index (χ1) is 7.14. The lowest BCUT2D eigenvalue weighted by Crippen LogP contribution is -2.25. The summed E-state index contributed by atoms with van der Waals surface area (Å²) >= 11 is 6.20. The molecule has 0 bridgehead atoms. The van der Waals surface area contributed by atoms with Gasteiger partial charge in [-0.25, -0.2) is 0 Å². The molecule has 0 aromatic carbocycles. The average Bonchev–Trinajstić information content (AvgIpc) is 2.25. The van der Waals surface area contributed by atoms with Crippen molar-refractivity contribution in [3.63, 3.8) is 0 Å². The molecule has 0 aliphatic rings. The lowest BCUT2D eigenvalue weighted by atomic mass is 9.74. The lowest BCUT2D eigenvalue weighted by molar-refractivity contribution is 0.212. The molecule has 0 aromatic rings. The summed E-state index contributed by atoms with van der Waals surface area (Å²) in [7, 11) is 0. The topological polar surface area (TPSA) is 0 Å². The van der Waals surface area contributed by atoms with E-state index in [1.165, 1.54) is 44.9 Å². The van der Waals surface area contributed by atoms with Crippen molar-refractivity contribution < 1.29 is 0 Å². The second-order valence-electron chi connectivity index (χ2n) is 5.19. The third-order valence-corrected chi connectivity index (χ3v) is 4.22. The van der Waals surface area contributed by atoms with E-state index in [0.29, 0.717) is 5.41 Å². The van der Waals surface area contributed by atoms with Gasteiger partial charge in [0.25, 0.3) is 0 Å². The van der Waals surface area contributed by atoms with Crippen LogP contribution in [0.3, 0.4) is 0 Å². The molecule has 0 saturated carbocycles. The van der Waals surface area contributed by atoms with Gasteiger partial charge in [0.15, 0.2) is 0 Å². The third-order valence-electron chi connectivity index (χ3n) is 3.66. The first-order valence-electron chi connectivity index (χ1n) is 6.70.